The lowest BCUT2D eigenvalue weighted by atomic mass is 10.1. The van der Waals surface area contributed by atoms with Gasteiger partial charge in [-0.2, -0.15) is 13.2 Å². The van der Waals surface area contributed by atoms with Crippen molar-refractivity contribution in [2.45, 2.75) is 13.1 Å². The molecule has 0 aliphatic carbocycles. The molecule has 0 aliphatic heterocycles. The number of nitrogens with zero attached hydrogens (tertiary/aromatic N) is 1. The molecule has 1 nitrogen and oxygen atoms in total. The second-order valence-corrected chi connectivity index (χ2v) is 4.15. The van der Waals surface area contributed by atoms with E-state index in [1.807, 2.05) is 0 Å². The molecular weight excluding hydrogens is 285 g/mol. The van der Waals surface area contributed by atoms with Gasteiger partial charge in [0.15, 0.2) is 11.6 Å². The lowest BCUT2D eigenvalue weighted by Crippen LogP contribution is -2.08. The second kappa shape index (κ2) is 6.18. The van der Waals surface area contributed by atoms with Crippen molar-refractivity contribution >= 4 is 23.7 Å². The molecule has 19 heavy (non-hydrogen) atoms. The molecule has 104 valence electrons. The van der Waals surface area contributed by atoms with Gasteiger partial charge in [-0.25, -0.2) is 8.78 Å². The molecule has 0 aromatic heterocycles. The van der Waals surface area contributed by atoms with Crippen LogP contribution in [-0.4, -0.2) is 12.5 Å². The number of aliphatic imine (C=N–C) groups is 1. The Labute approximate surface area is 111 Å². The van der Waals surface area contributed by atoms with Crippen LogP contribution in [-0.2, 0) is 6.18 Å². The first-order chi connectivity index (χ1) is 8.81. The van der Waals surface area contributed by atoms with Crippen LogP contribution < -0.4 is 0 Å². The fourth-order valence-electron chi connectivity index (χ4n) is 1.35. The minimum Gasteiger partial charge on any atom is -0.260 e. The summed E-state index contributed by atoms with van der Waals surface area (Å²) in [5, 5.41) is 1.35. The normalized spacial score (nSPS) is 13.3. The van der Waals surface area contributed by atoms with Gasteiger partial charge in [0.1, 0.15) is 0 Å². The van der Waals surface area contributed by atoms with Gasteiger partial charge in [0.2, 0.25) is 0 Å². The third kappa shape index (κ3) is 3.79. The molecule has 7 heteroatoms. The Morgan fingerprint density at radius 3 is 2.37 bits per heavy atom. The van der Waals surface area contributed by atoms with Crippen molar-refractivity contribution in [1.82, 2.24) is 0 Å². The third-order valence-electron chi connectivity index (χ3n) is 2.13. The van der Waals surface area contributed by atoms with Gasteiger partial charge in [-0.05, 0) is 30.7 Å². The summed E-state index contributed by atoms with van der Waals surface area (Å²) < 4.78 is 64.5. The van der Waals surface area contributed by atoms with Crippen molar-refractivity contribution in [3.05, 3.63) is 40.3 Å². The smallest absolute Gasteiger partial charge is 0.260 e. The van der Waals surface area contributed by atoms with Crippen molar-refractivity contribution in [2.24, 2.45) is 4.99 Å². The Hall–Kier alpha value is -1.37. The number of thioether (sulfide) groups is 1. The van der Waals surface area contributed by atoms with Gasteiger partial charge < -0.3 is 0 Å². The first-order valence-electron chi connectivity index (χ1n) is 5.09. The Morgan fingerprint density at radius 1 is 1.26 bits per heavy atom. The Bertz CT molecular complexity index is 520. The van der Waals surface area contributed by atoms with E-state index < -0.39 is 28.9 Å². The maximum absolute atomic E-state index is 13.6. The lowest BCUT2D eigenvalue weighted by Gasteiger charge is -2.11. The zero-order chi connectivity index (χ0) is 14.6. The van der Waals surface area contributed by atoms with E-state index in [-0.39, 0.29) is 11.8 Å². The monoisotopic (exact) mass is 295 g/mol. The fraction of sp³-hybridized carbons (Fsp3) is 0.250. The van der Waals surface area contributed by atoms with Gasteiger partial charge in [0.05, 0.1) is 11.3 Å². The van der Waals surface area contributed by atoms with Crippen molar-refractivity contribution in [3.8, 4) is 0 Å². The summed E-state index contributed by atoms with van der Waals surface area (Å²) in [5.74, 6) is -2.90. The summed E-state index contributed by atoms with van der Waals surface area (Å²) >= 11 is 1.13. The average Bonchev–Trinajstić information content (AvgIpc) is 2.31. The van der Waals surface area contributed by atoms with Gasteiger partial charge in [0, 0.05) is 11.8 Å². The number of benzene rings is 1. The Kier molecular flexibility index (Phi) is 5.11. The zero-order valence-corrected chi connectivity index (χ0v) is 10.9. The molecule has 0 atom stereocenters. The van der Waals surface area contributed by atoms with Crippen LogP contribution >= 0.6 is 11.8 Å². The highest BCUT2D eigenvalue weighted by molar-refractivity contribution is 8.01. The minimum atomic E-state index is -4.75. The molecular formula is C12H10F5NS. The minimum absolute atomic E-state index is 0.0579. The summed E-state index contributed by atoms with van der Waals surface area (Å²) in [5.41, 5.74) is -1.82. The maximum atomic E-state index is 13.6. The van der Waals surface area contributed by atoms with Crippen LogP contribution in [0.4, 0.5) is 22.0 Å². The van der Waals surface area contributed by atoms with Crippen LogP contribution in [0.25, 0.3) is 5.70 Å². The van der Waals surface area contributed by atoms with Crippen molar-refractivity contribution in [1.29, 1.82) is 0 Å². The summed E-state index contributed by atoms with van der Waals surface area (Å²) in [6.07, 6.45) is -1.82. The first kappa shape index (κ1) is 15.7. The van der Waals surface area contributed by atoms with Gasteiger partial charge in [0.25, 0.3) is 0 Å². The SMILES string of the molecule is CC=N/C(=C\SC)c1cc(C(F)(F)F)cc(F)c1F. The van der Waals surface area contributed by atoms with Gasteiger partial charge in [-0.15, -0.1) is 11.8 Å². The Balaban J connectivity index is 3.49. The number of rotatable bonds is 3. The largest absolute Gasteiger partial charge is 0.416 e. The van der Waals surface area contributed by atoms with Crippen LogP contribution in [0.1, 0.15) is 18.1 Å². The van der Waals surface area contributed by atoms with Crippen LogP contribution in [0.3, 0.4) is 0 Å². The van der Waals surface area contributed by atoms with Gasteiger partial charge in [-0.1, -0.05) is 0 Å². The molecule has 0 heterocycles. The van der Waals surface area contributed by atoms with E-state index in [1.54, 1.807) is 6.26 Å². The Morgan fingerprint density at radius 2 is 1.89 bits per heavy atom. The molecule has 0 amide bonds. The number of hydrogen-bond acceptors (Lipinski definition) is 2. The molecule has 1 rings (SSSR count). The summed E-state index contributed by atoms with van der Waals surface area (Å²) in [4.78, 5) is 3.75. The molecule has 1 aromatic carbocycles. The van der Waals surface area contributed by atoms with E-state index in [2.05, 4.69) is 4.99 Å². The quantitative estimate of drug-likeness (QED) is 0.580. The second-order valence-electron chi connectivity index (χ2n) is 3.44. The van der Waals surface area contributed by atoms with Crippen molar-refractivity contribution in [2.75, 3.05) is 6.26 Å². The highest BCUT2D eigenvalue weighted by Crippen LogP contribution is 2.34. The van der Waals surface area contributed by atoms with E-state index in [0.717, 1.165) is 11.8 Å². The molecule has 0 saturated carbocycles. The first-order valence-corrected chi connectivity index (χ1v) is 6.38. The number of halogens is 5. The molecule has 0 unspecified atom stereocenters. The van der Waals surface area contributed by atoms with Crippen LogP contribution in [0.2, 0.25) is 0 Å². The highest BCUT2D eigenvalue weighted by Gasteiger charge is 2.33. The van der Waals surface area contributed by atoms with Gasteiger partial charge in [-0.3, -0.25) is 4.99 Å². The standard InChI is InChI=1S/C12H10F5NS/c1-3-18-10(6-19-2)8-4-7(12(15,16)17)5-9(13)11(8)14/h3-6H,1-2H3/b10-6-,18-3?. The lowest BCUT2D eigenvalue weighted by molar-refractivity contribution is -0.137. The highest BCUT2D eigenvalue weighted by atomic mass is 32.2. The molecule has 0 bridgehead atoms. The van der Waals surface area contributed by atoms with Crippen molar-refractivity contribution < 1.29 is 22.0 Å². The zero-order valence-electron chi connectivity index (χ0n) is 10.1. The van der Waals surface area contributed by atoms with E-state index in [0.29, 0.717) is 6.07 Å². The molecule has 0 N–H and O–H groups in total. The summed E-state index contributed by atoms with van der Waals surface area (Å²) in [7, 11) is 0. The van der Waals surface area contributed by atoms with Crippen molar-refractivity contribution in [3.63, 3.8) is 0 Å². The topological polar surface area (TPSA) is 12.4 Å². The molecule has 0 saturated heterocycles. The van der Waals surface area contributed by atoms with E-state index in [9.17, 15) is 22.0 Å². The third-order valence-corrected chi connectivity index (χ3v) is 2.59. The summed E-state index contributed by atoms with van der Waals surface area (Å²) in [6, 6.07) is 0.679. The predicted octanol–water partition coefficient (Wildman–Crippen LogP) is 4.74. The molecule has 1 aromatic rings. The van der Waals surface area contributed by atoms with E-state index in [4.69, 9.17) is 0 Å². The average molecular weight is 295 g/mol. The van der Waals surface area contributed by atoms with E-state index in [1.165, 1.54) is 18.5 Å². The van der Waals surface area contributed by atoms with Crippen LogP contribution in [0.5, 0.6) is 0 Å². The number of alkyl halides is 3. The van der Waals surface area contributed by atoms with Crippen LogP contribution in [0.15, 0.2) is 22.5 Å². The molecule has 0 spiro atoms. The molecule has 0 aliphatic rings. The number of hydrogen-bond donors (Lipinski definition) is 0. The van der Waals surface area contributed by atoms with Crippen LogP contribution in [0, 0.1) is 11.6 Å². The van der Waals surface area contributed by atoms with Gasteiger partial charge >= 0.3 is 6.18 Å². The van der Waals surface area contributed by atoms with E-state index >= 15 is 0 Å². The predicted molar refractivity (Wildman–Crippen MR) is 67.0 cm³/mol. The fourth-order valence-corrected chi connectivity index (χ4v) is 1.76. The molecule has 0 fully saturated rings. The maximum Gasteiger partial charge on any atom is 0.416 e. The molecule has 0 radical (unpaired) electrons. The summed E-state index contributed by atoms with van der Waals surface area (Å²) in [6.45, 7) is 1.52.